The fraction of sp³-hybridized carbons (Fsp3) is 0.640. The van der Waals surface area contributed by atoms with Gasteiger partial charge in [-0.15, -0.1) is 0 Å². The maximum absolute atomic E-state index is 12.1. The lowest BCUT2D eigenvalue weighted by Gasteiger charge is -2.41. The second-order valence-electron chi connectivity index (χ2n) is 10.9. The average Bonchev–Trinajstić information content (AvgIpc) is 3.48. The number of pyridine rings is 1. The van der Waals surface area contributed by atoms with Crippen LogP contribution < -0.4 is 20.3 Å². The molecule has 0 radical (unpaired) electrons. The van der Waals surface area contributed by atoms with Gasteiger partial charge in [0.1, 0.15) is 17.3 Å². The van der Waals surface area contributed by atoms with Crippen molar-refractivity contribution in [2.24, 2.45) is 11.1 Å². The third-order valence-electron chi connectivity index (χ3n) is 8.59. The lowest BCUT2D eigenvalue weighted by Crippen LogP contribution is -2.51. The topological polar surface area (TPSA) is 144 Å². The molecule has 0 aliphatic carbocycles. The van der Waals surface area contributed by atoms with Crippen LogP contribution in [0.2, 0.25) is 0 Å². The molecule has 6 heterocycles. The zero-order chi connectivity index (χ0) is 26.7. The number of sulfone groups is 1. The summed E-state index contributed by atoms with van der Waals surface area (Å²) in [6.45, 7) is 4.92. The molecule has 0 amide bonds. The number of aliphatic hydroxyl groups excluding tert-OH is 1. The Balaban J connectivity index is 1.19. The molecule has 2 unspecified atom stereocenters. The molecule has 1 spiro atoms. The van der Waals surface area contributed by atoms with Crippen molar-refractivity contribution in [3.63, 3.8) is 0 Å². The highest BCUT2D eigenvalue weighted by Gasteiger charge is 2.48. The molecule has 2 aromatic rings. The number of anilines is 2. The highest BCUT2D eigenvalue weighted by molar-refractivity contribution is 7.99. The Labute approximate surface area is 227 Å². The first-order valence-electron chi connectivity index (χ1n) is 13.0. The minimum atomic E-state index is -3.14. The number of hydrogen-bond donors (Lipinski definition) is 2. The normalized spacial score (nSPS) is 28.3. The van der Waals surface area contributed by atoms with Gasteiger partial charge in [-0.05, 0) is 32.3 Å². The van der Waals surface area contributed by atoms with Crippen molar-refractivity contribution >= 4 is 33.2 Å². The second-order valence-corrected chi connectivity index (χ2v) is 14.3. The molecule has 0 bridgehead atoms. The van der Waals surface area contributed by atoms with E-state index < -0.39 is 15.1 Å². The van der Waals surface area contributed by atoms with Crippen molar-refractivity contribution in [3.8, 4) is 5.75 Å². The minimum absolute atomic E-state index is 0.00715. The van der Waals surface area contributed by atoms with E-state index in [1.54, 1.807) is 12.4 Å². The van der Waals surface area contributed by atoms with Crippen LogP contribution in [0.1, 0.15) is 31.9 Å². The largest absolute Gasteiger partial charge is 0.486 e. The quantitative estimate of drug-likeness (QED) is 0.541. The Kier molecular flexibility index (Phi) is 6.70. The van der Waals surface area contributed by atoms with E-state index in [1.165, 1.54) is 18.0 Å². The van der Waals surface area contributed by atoms with E-state index in [0.717, 1.165) is 30.8 Å². The van der Waals surface area contributed by atoms with Crippen LogP contribution in [0.3, 0.4) is 0 Å². The number of nitrogens with two attached hydrogens (primary N) is 1. The smallest absolute Gasteiger partial charge is 0.175 e. The summed E-state index contributed by atoms with van der Waals surface area (Å²) < 4.78 is 36.2. The molecule has 2 aromatic heterocycles. The molecular formula is C25H34N6O5S2. The van der Waals surface area contributed by atoms with Gasteiger partial charge in [-0.3, -0.25) is 0 Å². The van der Waals surface area contributed by atoms with Gasteiger partial charge in [-0.1, -0.05) is 11.8 Å². The Bertz CT molecular complexity index is 1320. The van der Waals surface area contributed by atoms with Crippen LogP contribution in [-0.4, -0.2) is 91.0 Å². The van der Waals surface area contributed by atoms with Gasteiger partial charge >= 0.3 is 0 Å². The molecule has 3 fully saturated rings. The molecule has 4 aliphatic heterocycles. The fourth-order valence-electron chi connectivity index (χ4n) is 6.19. The molecule has 0 saturated carbocycles. The van der Waals surface area contributed by atoms with Crippen LogP contribution in [-0.2, 0) is 21.2 Å². The van der Waals surface area contributed by atoms with Crippen molar-refractivity contribution in [2.75, 3.05) is 48.9 Å². The lowest BCUT2D eigenvalue weighted by atomic mass is 9.73. The van der Waals surface area contributed by atoms with Crippen LogP contribution in [0.25, 0.3) is 0 Å². The first kappa shape index (κ1) is 26.1. The third-order valence-corrected chi connectivity index (χ3v) is 11.1. The fourth-order valence-corrected chi connectivity index (χ4v) is 8.05. The molecule has 11 nitrogen and oxygen atoms in total. The Morgan fingerprint density at radius 2 is 2.05 bits per heavy atom. The van der Waals surface area contributed by atoms with Gasteiger partial charge in [-0.2, -0.15) is 0 Å². The number of rotatable bonds is 5. The zero-order valence-corrected chi connectivity index (χ0v) is 23.2. The van der Waals surface area contributed by atoms with Crippen LogP contribution in [0, 0.1) is 5.41 Å². The zero-order valence-electron chi connectivity index (χ0n) is 21.6. The number of ether oxygens (including phenoxy) is 2. The van der Waals surface area contributed by atoms with E-state index in [9.17, 15) is 13.5 Å². The van der Waals surface area contributed by atoms with E-state index >= 15 is 0 Å². The Morgan fingerprint density at radius 1 is 1.26 bits per heavy atom. The Hall–Kier alpha value is -2.19. The monoisotopic (exact) mass is 562 g/mol. The molecular weight excluding hydrogens is 528 g/mol. The van der Waals surface area contributed by atoms with Gasteiger partial charge in [0.15, 0.2) is 27.2 Å². The standard InChI is InChI=1S/C25H34N6O5S2/c1-15-22(26)25(14-36-15)4-7-30(8-5-25)23-18(12-32)29-20(10-28-23)37-19-3-6-27-24-21(19)35-13-16-9-17(11-31(16)24)38(2,33)34/h3,6,10,15-17,22,32H,4-5,7-9,11-14,26H2,1-2H3/t15?,16-,17?,22+/m0/s1. The van der Waals surface area contributed by atoms with Crippen LogP contribution in [0.5, 0.6) is 5.75 Å². The number of hydrogen-bond acceptors (Lipinski definition) is 12. The lowest BCUT2D eigenvalue weighted by molar-refractivity contribution is 0.0973. The van der Waals surface area contributed by atoms with Crippen LogP contribution >= 0.6 is 11.8 Å². The summed E-state index contributed by atoms with van der Waals surface area (Å²) in [7, 11) is -3.14. The summed E-state index contributed by atoms with van der Waals surface area (Å²) >= 11 is 1.40. The number of aliphatic hydroxyl groups is 1. The van der Waals surface area contributed by atoms with Gasteiger partial charge < -0.3 is 30.1 Å². The molecule has 4 aliphatic rings. The van der Waals surface area contributed by atoms with E-state index in [1.807, 2.05) is 17.9 Å². The van der Waals surface area contributed by atoms with Gasteiger partial charge in [0.2, 0.25) is 0 Å². The molecule has 3 N–H and O–H groups in total. The van der Waals surface area contributed by atoms with Crippen molar-refractivity contribution in [1.82, 2.24) is 15.0 Å². The first-order chi connectivity index (χ1) is 18.2. The van der Waals surface area contributed by atoms with E-state index in [4.69, 9.17) is 25.2 Å². The van der Waals surface area contributed by atoms with Gasteiger partial charge in [-0.25, -0.2) is 23.4 Å². The van der Waals surface area contributed by atoms with Crippen LogP contribution in [0.15, 0.2) is 28.4 Å². The first-order valence-corrected chi connectivity index (χ1v) is 15.8. The molecule has 13 heteroatoms. The SMILES string of the molecule is CC1OCC2(CCN(c3ncc(Sc4ccnc5c4OC[C@@H]4CC(S(C)(=O)=O)CN54)nc3CO)CC2)[C@@H]1N. The number of fused-ring (bicyclic) bond motifs is 3. The summed E-state index contributed by atoms with van der Waals surface area (Å²) in [5.41, 5.74) is 7.01. The van der Waals surface area contributed by atoms with Crippen molar-refractivity contribution in [1.29, 1.82) is 0 Å². The van der Waals surface area contributed by atoms with Gasteiger partial charge in [0.05, 0.1) is 41.7 Å². The highest BCUT2D eigenvalue weighted by Crippen LogP contribution is 2.45. The second kappa shape index (κ2) is 9.77. The number of nitrogens with zero attached hydrogens (tertiary/aromatic N) is 5. The summed E-state index contributed by atoms with van der Waals surface area (Å²) in [6, 6.07) is 1.89. The maximum Gasteiger partial charge on any atom is 0.175 e. The molecule has 206 valence electrons. The van der Waals surface area contributed by atoms with Crippen molar-refractivity contribution < 1.29 is 23.0 Å². The molecule has 4 atom stereocenters. The third kappa shape index (κ3) is 4.51. The van der Waals surface area contributed by atoms with Gasteiger partial charge in [0.25, 0.3) is 0 Å². The maximum atomic E-state index is 12.1. The minimum Gasteiger partial charge on any atom is -0.486 e. The molecule has 3 saturated heterocycles. The van der Waals surface area contributed by atoms with Crippen molar-refractivity contribution in [3.05, 3.63) is 24.2 Å². The predicted octanol–water partition coefficient (Wildman–Crippen LogP) is 1.23. The average molecular weight is 563 g/mol. The van der Waals surface area contributed by atoms with Gasteiger partial charge in [0, 0.05) is 43.5 Å². The number of aromatic nitrogens is 3. The molecule has 38 heavy (non-hydrogen) atoms. The predicted molar refractivity (Wildman–Crippen MR) is 143 cm³/mol. The number of piperidine rings is 1. The summed E-state index contributed by atoms with van der Waals surface area (Å²) in [5.74, 6) is 1.99. The van der Waals surface area contributed by atoms with E-state index in [0.29, 0.717) is 54.3 Å². The Morgan fingerprint density at radius 3 is 2.74 bits per heavy atom. The molecule has 0 aromatic carbocycles. The summed E-state index contributed by atoms with van der Waals surface area (Å²) in [4.78, 5) is 19.0. The van der Waals surface area contributed by atoms with E-state index in [-0.39, 0.29) is 30.2 Å². The summed E-state index contributed by atoms with van der Waals surface area (Å²) in [5, 5.41) is 10.4. The highest BCUT2D eigenvalue weighted by atomic mass is 32.2. The van der Waals surface area contributed by atoms with Crippen molar-refractivity contribution in [2.45, 2.75) is 66.2 Å². The molecule has 6 rings (SSSR count). The van der Waals surface area contributed by atoms with E-state index in [2.05, 4.69) is 9.88 Å². The van der Waals surface area contributed by atoms with Crippen LogP contribution in [0.4, 0.5) is 11.6 Å². The summed E-state index contributed by atoms with van der Waals surface area (Å²) in [6.07, 6.45) is 7.17.